The van der Waals surface area contributed by atoms with E-state index in [1.165, 1.54) is 19.1 Å². The molecule has 1 amide bonds. The molecule has 378 valence electrons. The van der Waals surface area contributed by atoms with Gasteiger partial charge in [0.1, 0.15) is 35.6 Å². The first-order valence-corrected chi connectivity index (χ1v) is 24.4. The van der Waals surface area contributed by atoms with E-state index in [-0.39, 0.29) is 25.0 Å². The molecule has 0 spiro atoms. The van der Waals surface area contributed by atoms with Crippen molar-refractivity contribution in [2.45, 2.75) is 180 Å². The fourth-order valence-corrected chi connectivity index (χ4v) is 11.4. The van der Waals surface area contributed by atoms with Gasteiger partial charge in [-0.25, -0.2) is 14.4 Å². The van der Waals surface area contributed by atoms with Gasteiger partial charge < -0.3 is 44.0 Å². The number of ketones is 2. The molecule has 3 N–H and O–H groups in total. The number of hydrogen-bond donors (Lipinski definition) is 3. The van der Waals surface area contributed by atoms with E-state index in [1.54, 1.807) is 90.1 Å². The highest BCUT2D eigenvalue weighted by atomic mass is 16.6. The van der Waals surface area contributed by atoms with Crippen LogP contribution in [0.1, 0.15) is 148 Å². The number of carbonyl (C=O) groups is 7. The molecule has 3 aliphatic carbocycles. The van der Waals surface area contributed by atoms with E-state index in [1.807, 2.05) is 0 Å². The lowest BCUT2D eigenvalue weighted by Crippen LogP contribution is -2.82. The lowest BCUT2D eigenvalue weighted by Gasteiger charge is -2.67. The number of amides is 1. The standard InChI is InChI=1S/C53H71NO15/c1-10-11-12-13-14-15-22-27-38(57)66-42(40(33-23-18-16-19-24-33)54-48(62)69-49(4,5)6)47(61)65-35-29-53(63)45(67-46(60)34-25-20-17-21-26-34)43-51(9,44(59)41(58)39(31(35)2)50(53,7)8)36(56)28-37-52(43,30-64-37)68-32(3)55/h16-21,23-26,31,35-37,39-40,42-43,45,56,63H,10-15,22,27-30H2,1-9H3,(H,54,62)/t31?,35-,36-,37+,39?,40-,42+,43?,45-,51+,52-,53+/m0/s1. The molecule has 4 fully saturated rings. The van der Waals surface area contributed by atoms with E-state index in [0.717, 1.165) is 45.4 Å². The van der Waals surface area contributed by atoms with Crippen molar-refractivity contribution in [2.75, 3.05) is 6.61 Å². The van der Waals surface area contributed by atoms with Gasteiger partial charge in [0, 0.05) is 43.4 Å². The Kier molecular flexibility index (Phi) is 16.2. The average Bonchev–Trinajstić information content (AvgIpc) is 3.28. The molecule has 2 aromatic carbocycles. The Balaban J connectivity index is 1.45. The van der Waals surface area contributed by atoms with Gasteiger partial charge >= 0.3 is 30.0 Å². The van der Waals surface area contributed by atoms with Crippen LogP contribution in [0.5, 0.6) is 0 Å². The van der Waals surface area contributed by atoms with Gasteiger partial charge in [0.25, 0.3) is 0 Å². The molecule has 3 saturated carbocycles. The number of esters is 4. The van der Waals surface area contributed by atoms with Crippen molar-refractivity contribution < 1.29 is 72.2 Å². The van der Waals surface area contributed by atoms with Crippen molar-refractivity contribution in [3.05, 3.63) is 71.8 Å². The fraction of sp³-hybridized carbons (Fsp3) is 0.642. The summed E-state index contributed by atoms with van der Waals surface area (Å²) in [6, 6.07) is 14.8. The molecule has 12 atom stereocenters. The molecule has 2 aromatic rings. The predicted molar refractivity (Wildman–Crippen MR) is 249 cm³/mol. The largest absolute Gasteiger partial charge is 0.459 e. The highest BCUT2D eigenvalue weighted by Crippen LogP contribution is 2.64. The molecule has 0 radical (unpaired) electrons. The number of rotatable bonds is 17. The van der Waals surface area contributed by atoms with E-state index >= 15 is 14.4 Å². The van der Waals surface area contributed by atoms with Crippen molar-refractivity contribution in [3.8, 4) is 0 Å². The smallest absolute Gasteiger partial charge is 0.408 e. The minimum Gasteiger partial charge on any atom is -0.459 e. The SMILES string of the molecule is CCCCCCCCCC(=O)O[C@@H](C(=O)O[C@H]1C[C@@]2(O)[C@@H](OC(=O)c3ccccc3)C3[C@](C)(C(=O)C(=O)C(C1C)C2(C)C)[C@@H](O)C[C@H]1OC[C@@]31OC(C)=O)[C@@H](NC(=O)OC(C)(C)C)c1ccccc1. The summed E-state index contributed by atoms with van der Waals surface area (Å²) in [5.41, 5.74) is -8.48. The molecule has 1 saturated heterocycles. The van der Waals surface area contributed by atoms with Gasteiger partial charge in [-0.2, -0.15) is 0 Å². The van der Waals surface area contributed by atoms with Crippen LogP contribution in [0.2, 0.25) is 0 Å². The lowest BCUT2D eigenvalue weighted by atomic mass is 9.42. The first kappa shape index (κ1) is 53.2. The number of Topliss-reactive ketones (excluding diaryl/α,β-unsaturated/α-hetero) is 2. The van der Waals surface area contributed by atoms with Crippen LogP contribution in [0.15, 0.2) is 60.7 Å². The molecule has 16 nitrogen and oxygen atoms in total. The van der Waals surface area contributed by atoms with Crippen LogP contribution < -0.4 is 5.32 Å². The number of hydrogen-bond acceptors (Lipinski definition) is 15. The summed E-state index contributed by atoms with van der Waals surface area (Å²) in [6.45, 7) is 14.0. The number of unbranched alkanes of at least 4 members (excludes halogenated alkanes) is 6. The van der Waals surface area contributed by atoms with Gasteiger partial charge in [0.05, 0.1) is 29.6 Å². The second-order valence-electron chi connectivity index (χ2n) is 21.2. The minimum atomic E-state index is -2.40. The Morgan fingerprint density at radius 1 is 0.884 bits per heavy atom. The maximum atomic E-state index is 15.2. The topological polar surface area (TPSA) is 227 Å². The van der Waals surface area contributed by atoms with E-state index < -0.39 is 130 Å². The zero-order chi connectivity index (χ0) is 50.7. The third-order valence-electron chi connectivity index (χ3n) is 15.1. The quantitative estimate of drug-likeness (QED) is 0.0622. The Bertz CT molecular complexity index is 2210. The number of ether oxygens (including phenoxy) is 6. The summed E-state index contributed by atoms with van der Waals surface area (Å²) in [4.78, 5) is 100.0. The van der Waals surface area contributed by atoms with Gasteiger partial charge in [-0.1, -0.05) is 115 Å². The average molecular weight is 962 g/mol. The fourth-order valence-electron chi connectivity index (χ4n) is 11.4. The van der Waals surface area contributed by atoms with Gasteiger partial charge in [-0.3, -0.25) is 19.2 Å². The highest BCUT2D eigenvalue weighted by Gasteiger charge is 2.79. The Hall–Kier alpha value is -5.19. The van der Waals surface area contributed by atoms with Crippen LogP contribution >= 0.6 is 0 Å². The zero-order valence-corrected chi connectivity index (χ0v) is 41.4. The van der Waals surface area contributed by atoms with E-state index in [0.29, 0.717) is 12.0 Å². The summed E-state index contributed by atoms with van der Waals surface area (Å²) >= 11 is 0. The maximum Gasteiger partial charge on any atom is 0.408 e. The number of carbonyl (C=O) groups excluding carboxylic acids is 7. The molecule has 0 aromatic heterocycles. The number of fused-ring (bicyclic) bond motifs is 5. The molecule has 69 heavy (non-hydrogen) atoms. The summed E-state index contributed by atoms with van der Waals surface area (Å²) in [5.74, 6) is -9.72. The number of aliphatic hydroxyl groups excluding tert-OH is 1. The molecule has 2 bridgehead atoms. The van der Waals surface area contributed by atoms with E-state index in [9.17, 15) is 29.4 Å². The highest BCUT2D eigenvalue weighted by molar-refractivity contribution is 6.40. The van der Waals surface area contributed by atoms with Crippen LogP contribution in [-0.2, 0) is 52.4 Å². The van der Waals surface area contributed by atoms with Gasteiger partial charge in [0.15, 0.2) is 5.60 Å². The predicted octanol–water partition coefficient (Wildman–Crippen LogP) is 7.10. The summed E-state index contributed by atoms with van der Waals surface area (Å²) in [5, 5.41) is 28.4. The van der Waals surface area contributed by atoms with E-state index in [2.05, 4.69) is 12.2 Å². The van der Waals surface area contributed by atoms with E-state index in [4.69, 9.17) is 28.4 Å². The zero-order valence-electron chi connectivity index (χ0n) is 41.4. The van der Waals surface area contributed by atoms with Gasteiger partial charge in [0.2, 0.25) is 17.7 Å². The molecular weight excluding hydrogens is 891 g/mol. The van der Waals surface area contributed by atoms with Crippen molar-refractivity contribution >= 4 is 41.5 Å². The minimum absolute atomic E-state index is 0.0484. The second-order valence-corrected chi connectivity index (χ2v) is 21.2. The number of benzene rings is 2. The second kappa shape index (κ2) is 21.0. The van der Waals surface area contributed by atoms with Crippen molar-refractivity contribution in [1.82, 2.24) is 5.32 Å². The Morgan fingerprint density at radius 2 is 1.49 bits per heavy atom. The number of nitrogens with one attached hydrogen (secondary N) is 1. The van der Waals surface area contributed by atoms with Crippen LogP contribution in [0.3, 0.4) is 0 Å². The Labute approximate surface area is 404 Å². The molecule has 4 aliphatic rings. The monoisotopic (exact) mass is 961 g/mol. The van der Waals surface area contributed by atoms with Crippen LogP contribution in [0.25, 0.3) is 0 Å². The summed E-state index contributed by atoms with van der Waals surface area (Å²) in [6.07, 6.45) is -3.06. The molecule has 1 aliphatic heterocycles. The summed E-state index contributed by atoms with van der Waals surface area (Å²) in [7, 11) is 0. The molecule has 16 heteroatoms. The third-order valence-corrected chi connectivity index (χ3v) is 15.1. The van der Waals surface area contributed by atoms with Crippen molar-refractivity contribution in [1.29, 1.82) is 0 Å². The normalized spacial score (nSPS) is 31.1. The molecular formula is C53H71NO15. The molecule has 1 heterocycles. The lowest BCUT2D eigenvalue weighted by molar-refractivity contribution is -0.350. The van der Waals surface area contributed by atoms with Gasteiger partial charge in [-0.05, 0) is 51.8 Å². The first-order chi connectivity index (χ1) is 32.4. The number of aliphatic hydroxyl groups is 2. The number of alkyl carbamates (subject to hydrolysis) is 1. The first-order valence-electron chi connectivity index (χ1n) is 24.4. The van der Waals surface area contributed by atoms with Crippen molar-refractivity contribution in [3.63, 3.8) is 0 Å². The van der Waals surface area contributed by atoms with Crippen LogP contribution in [0.4, 0.5) is 4.79 Å². The maximum absolute atomic E-state index is 15.2. The van der Waals surface area contributed by atoms with Gasteiger partial charge in [-0.15, -0.1) is 0 Å². The molecule has 6 rings (SSSR count). The summed E-state index contributed by atoms with van der Waals surface area (Å²) < 4.78 is 36.3. The van der Waals surface area contributed by atoms with Crippen molar-refractivity contribution in [2.24, 2.45) is 28.6 Å². The van der Waals surface area contributed by atoms with Crippen LogP contribution in [0, 0.1) is 28.6 Å². The molecule has 3 unspecified atom stereocenters. The third kappa shape index (κ3) is 10.6. The van der Waals surface area contributed by atoms with Crippen LogP contribution in [-0.4, -0.2) is 106 Å². The Morgan fingerprint density at radius 3 is 2.07 bits per heavy atom.